The minimum atomic E-state index is -1.77. The van der Waals surface area contributed by atoms with E-state index >= 15 is 0 Å². The molecule has 1 aliphatic heterocycles. The van der Waals surface area contributed by atoms with Crippen LogP contribution >= 0.6 is 0 Å². The third-order valence-electron chi connectivity index (χ3n) is 5.35. The lowest BCUT2D eigenvalue weighted by Gasteiger charge is -2.43. The van der Waals surface area contributed by atoms with Gasteiger partial charge in [-0.25, -0.2) is 0 Å². The first kappa shape index (κ1) is 14.5. The summed E-state index contributed by atoms with van der Waals surface area (Å²) in [4.78, 5) is 0. The van der Waals surface area contributed by atoms with Gasteiger partial charge in [-0.05, 0) is 25.1 Å². The van der Waals surface area contributed by atoms with E-state index in [1.54, 1.807) is 0 Å². The molecule has 2 aliphatic rings. The van der Waals surface area contributed by atoms with Crippen LogP contribution in [0.15, 0.2) is 0 Å². The molecular formula is C14H28O3Si. The maximum absolute atomic E-state index is 10.3. The summed E-state index contributed by atoms with van der Waals surface area (Å²) in [6.45, 7) is 15.4. The fourth-order valence-corrected chi connectivity index (χ4v) is 4.10. The average Bonchev–Trinajstić information content (AvgIpc) is 2.85. The first-order valence-corrected chi connectivity index (χ1v) is 9.93. The van der Waals surface area contributed by atoms with Crippen LogP contribution in [0.5, 0.6) is 0 Å². The van der Waals surface area contributed by atoms with Gasteiger partial charge in [-0.1, -0.05) is 27.7 Å². The summed E-state index contributed by atoms with van der Waals surface area (Å²) in [6, 6.07) is 0. The standard InChI is InChI=1S/C14H28O3Si/c1-9-10(17-18(6,7)13(2,3)4)8-11-14(5,16-11)12(9)15/h9-12,15H,8H2,1-7H3/t9-,10+,11+,12-,14+/m0/s1. The minimum absolute atomic E-state index is 0.140. The predicted molar refractivity (Wildman–Crippen MR) is 75.1 cm³/mol. The Morgan fingerprint density at radius 3 is 2.39 bits per heavy atom. The summed E-state index contributed by atoms with van der Waals surface area (Å²) in [5.41, 5.74) is -0.299. The summed E-state index contributed by atoms with van der Waals surface area (Å²) in [6.07, 6.45) is 0.868. The Hall–Kier alpha value is 0.0969. The van der Waals surface area contributed by atoms with Gasteiger partial charge in [-0.15, -0.1) is 0 Å². The lowest BCUT2D eigenvalue weighted by Crippen LogP contribution is -2.52. The zero-order valence-corrected chi connectivity index (χ0v) is 13.8. The van der Waals surface area contributed by atoms with E-state index in [1.165, 1.54) is 0 Å². The molecule has 0 aromatic heterocycles. The molecule has 3 nitrogen and oxygen atoms in total. The molecule has 106 valence electrons. The van der Waals surface area contributed by atoms with Gasteiger partial charge in [0.25, 0.3) is 0 Å². The van der Waals surface area contributed by atoms with Gasteiger partial charge in [0, 0.05) is 12.3 Å². The Kier molecular flexibility index (Phi) is 3.26. The second-order valence-electron chi connectivity index (χ2n) is 7.75. The number of hydrogen-bond acceptors (Lipinski definition) is 3. The van der Waals surface area contributed by atoms with Crippen LogP contribution in [0.2, 0.25) is 18.1 Å². The molecule has 0 bridgehead atoms. The fourth-order valence-electron chi connectivity index (χ4n) is 2.68. The second kappa shape index (κ2) is 4.04. The fraction of sp³-hybridized carbons (Fsp3) is 1.00. The Morgan fingerprint density at radius 2 is 1.89 bits per heavy atom. The van der Waals surface area contributed by atoms with Crippen molar-refractivity contribution in [3.63, 3.8) is 0 Å². The van der Waals surface area contributed by atoms with Gasteiger partial charge >= 0.3 is 0 Å². The molecule has 2 rings (SSSR count). The van der Waals surface area contributed by atoms with Gasteiger partial charge in [-0.2, -0.15) is 0 Å². The van der Waals surface area contributed by atoms with Crippen molar-refractivity contribution < 1.29 is 14.3 Å². The van der Waals surface area contributed by atoms with Gasteiger partial charge in [0.2, 0.25) is 0 Å². The van der Waals surface area contributed by atoms with E-state index in [0.717, 1.165) is 6.42 Å². The number of rotatable bonds is 2. The van der Waals surface area contributed by atoms with Gasteiger partial charge < -0.3 is 14.3 Å². The smallest absolute Gasteiger partial charge is 0.192 e. The monoisotopic (exact) mass is 272 g/mol. The van der Waals surface area contributed by atoms with Crippen molar-refractivity contribution >= 4 is 8.32 Å². The molecule has 5 atom stereocenters. The molecule has 1 heterocycles. The molecule has 1 saturated heterocycles. The zero-order valence-electron chi connectivity index (χ0n) is 12.8. The zero-order chi connectivity index (χ0) is 13.9. The first-order valence-electron chi connectivity index (χ1n) is 7.03. The van der Waals surface area contributed by atoms with E-state index in [0.29, 0.717) is 0 Å². The van der Waals surface area contributed by atoms with Crippen LogP contribution in [0.25, 0.3) is 0 Å². The van der Waals surface area contributed by atoms with Crippen molar-refractivity contribution in [3.8, 4) is 0 Å². The van der Waals surface area contributed by atoms with Crippen LogP contribution in [0, 0.1) is 5.92 Å². The number of fused-ring (bicyclic) bond motifs is 1. The number of epoxide rings is 1. The highest BCUT2D eigenvalue weighted by Gasteiger charge is 2.64. The lowest BCUT2D eigenvalue weighted by molar-refractivity contribution is -0.0230. The molecule has 4 heteroatoms. The van der Waals surface area contributed by atoms with Crippen LogP contribution < -0.4 is 0 Å². The molecule has 0 radical (unpaired) electrons. The molecule has 0 aromatic carbocycles. The Balaban J connectivity index is 2.07. The van der Waals surface area contributed by atoms with Gasteiger partial charge in [0.05, 0.1) is 18.3 Å². The van der Waals surface area contributed by atoms with E-state index in [1.807, 2.05) is 6.92 Å². The maximum Gasteiger partial charge on any atom is 0.192 e. The number of aliphatic hydroxyl groups excluding tert-OH is 1. The van der Waals surface area contributed by atoms with Crippen molar-refractivity contribution in [2.45, 2.75) is 83.1 Å². The molecule has 1 saturated carbocycles. The SMILES string of the molecule is C[C@H]1[C@H](O[Si](C)(C)C(C)(C)C)C[C@H]2O[C@@]2(C)[C@H]1O. The molecule has 0 aromatic rings. The Labute approximate surface area is 112 Å². The molecular weight excluding hydrogens is 244 g/mol. The number of ether oxygens (including phenoxy) is 1. The third-order valence-corrected chi connectivity index (χ3v) is 9.85. The van der Waals surface area contributed by atoms with Gasteiger partial charge in [-0.3, -0.25) is 0 Å². The van der Waals surface area contributed by atoms with E-state index < -0.39 is 14.4 Å². The lowest BCUT2D eigenvalue weighted by atomic mass is 9.79. The van der Waals surface area contributed by atoms with Crippen molar-refractivity contribution in [2.75, 3.05) is 0 Å². The topological polar surface area (TPSA) is 42.0 Å². The molecule has 1 aliphatic carbocycles. The number of hydrogen-bond donors (Lipinski definition) is 1. The summed E-state index contributed by atoms with van der Waals surface area (Å²) >= 11 is 0. The molecule has 0 amide bonds. The summed E-state index contributed by atoms with van der Waals surface area (Å²) in [7, 11) is -1.77. The molecule has 0 unspecified atom stereocenters. The van der Waals surface area contributed by atoms with Crippen molar-refractivity contribution in [3.05, 3.63) is 0 Å². The molecule has 2 fully saturated rings. The van der Waals surface area contributed by atoms with E-state index in [2.05, 4.69) is 40.8 Å². The van der Waals surface area contributed by atoms with E-state index in [4.69, 9.17) is 9.16 Å². The third kappa shape index (κ3) is 2.17. The Bertz CT molecular complexity index is 336. The average molecular weight is 272 g/mol. The molecule has 1 N–H and O–H groups in total. The number of aliphatic hydroxyl groups is 1. The predicted octanol–water partition coefficient (Wildman–Crippen LogP) is 2.94. The van der Waals surface area contributed by atoms with Crippen LogP contribution in [0.1, 0.15) is 41.0 Å². The van der Waals surface area contributed by atoms with Crippen molar-refractivity contribution in [2.24, 2.45) is 5.92 Å². The summed E-state index contributed by atoms with van der Waals surface area (Å²) < 4.78 is 12.1. The highest BCUT2D eigenvalue weighted by atomic mass is 28.4. The highest BCUT2D eigenvalue weighted by Crippen LogP contribution is 2.51. The van der Waals surface area contributed by atoms with E-state index in [-0.39, 0.29) is 28.8 Å². The second-order valence-corrected chi connectivity index (χ2v) is 12.5. The maximum atomic E-state index is 10.3. The molecule has 18 heavy (non-hydrogen) atoms. The van der Waals surface area contributed by atoms with Crippen molar-refractivity contribution in [1.82, 2.24) is 0 Å². The summed E-state index contributed by atoms with van der Waals surface area (Å²) in [5.74, 6) is 0.155. The van der Waals surface area contributed by atoms with Crippen LogP contribution in [-0.2, 0) is 9.16 Å². The van der Waals surface area contributed by atoms with Crippen LogP contribution in [0.3, 0.4) is 0 Å². The normalized spacial score (nSPS) is 44.7. The Morgan fingerprint density at radius 1 is 1.33 bits per heavy atom. The largest absolute Gasteiger partial charge is 0.413 e. The van der Waals surface area contributed by atoms with Crippen molar-refractivity contribution in [1.29, 1.82) is 0 Å². The van der Waals surface area contributed by atoms with Crippen LogP contribution in [0.4, 0.5) is 0 Å². The van der Waals surface area contributed by atoms with Gasteiger partial charge in [0.1, 0.15) is 5.60 Å². The minimum Gasteiger partial charge on any atom is -0.413 e. The molecule has 0 spiro atoms. The first-order chi connectivity index (χ1) is 7.99. The van der Waals surface area contributed by atoms with Crippen LogP contribution in [-0.4, -0.2) is 37.3 Å². The highest BCUT2D eigenvalue weighted by molar-refractivity contribution is 6.74. The summed E-state index contributed by atoms with van der Waals surface area (Å²) in [5, 5.41) is 10.5. The quantitative estimate of drug-likeness (QED) is 0.621. The van der Waals surface area contributed by atoms with Gasteiger partial charge in [0.15, 0.2) is 8.32 Å². The van der Waals surface area contributed by atoms with E-state index in [9.17, 15) is 5.11 Å².